The number of H-pyrrole nitrogens is 1. The Kier molecular flexibility index (Phi) is 3.57. The maximum Gasteiger partial charge on any atom is 0.268 e. The highest BCUT2D eigenvalue weighted by atomic mass is 32.1. The van der Waals surface area contributed by atoms with Gasteiger partial charge in [0.05, 0.1) is 29.3 Å². The van der Waals surface area contributed by atoms with Gasteiger partial charge in [-0.2, -0.15) is 5.10 Å². The summed E-state index contributed by atoms with van der Waals surface area (Å²) in [5, 5.41) is 5.94. The number of pyridine rings is 1. The van der Waals surface area contributed by atoms with Gasteiger partial charge in [-0.1, -0.05) is 0 Å². The van der Waals surface area contributed by atoms with Crippen LogP contribution in [0.1, 0.15) is 16.2 Å². The van der Waals surface area contributed by atoms with Gasteiger partial charge in [-0.05, 0) is 17.5 Å². The van der Waals surface area contributed by atoms with Crippen LogP contribution in [0.3, 0.4) is 0 Å². The van der Waals surface area contributed by atoms with E-state index in [0.717, 1.165) is 11.0 Å². The van der Waals surface area contributed by atoms with Crippen LogP contribution in [-0.2, 0) is 13.6 Å². The lowest BCUT2D eigenvalue weighted by molar-refractivity contribution is 0.0781. The second kappa shape index (κ2) is 5.78. The first-order chi connectivity index (χ1) is 12.0. The van der Waals surface area contributed by atoms with E-state index in [2.05, 4.69) is 20.1 Å². The Hall–Kier alpha value is -3.07. The Morgan fingerprint density at radius 3 is 3.04 bits per heavy atom. The summed E-state index contributed by atoms with van der Waals surface area (Å²) in [6.07, 6.45) is 3.18. The highest BCUT2D eigenvalue weighted by Gasteiger charge is 2.16. The van der Waals surface area contributed by atoms with Gasteiger partial charge in [-0.25, -0.2) is 4.98 Å². The quantitative estimate of drug-likeness (QED) is 0.602. The van der Waals surface area contributed by atoms with Crippen LogP contribution in [0, 0.1) is 0 Å². The first-order valence-electron chi connectivity index (χ1n) is 7.52. The molecule has 8 nitrogen and oxygen atoms in total. The van der Waals surface area contributed by atoms with Crippen LogP contribution in [-0.4, -0.2) is 42.6 Å². The number of rotatable bonds is 3. The average Bonchev–Trinajstić information content (AvgIpc) is 3.21. The van der Waals surface area contributed by atoms with Crippen molar-refractivity contribution in [3.63, 3.8) is 0 Å². The van der Waals surface area contributed by atoms with E-state index in [1.807, 2.05) is 5.38 Å². The van der Waals surface area contributed by atoms with E-state index in [1.165, 1.54) is 22.4 Å². The summed E-state index contributed by atoms with van der Waals surface area (Å²) in [4.78, 5) is 37.6. The van der Waals surface area contributed by atoms with Crippen LogP contribution < -0.4 is 5.56 Å². The molecule has 4 aromatic heterocycles. The summed E-state index contributed by atoms with van der Waals surface area (Å²) in [5.41, 5.74) is 2.43. The molecule has 25 heavy (non-hydrogen) atoms. The molecule has 4 rings (SSSR count). The lowest BCUT2D eigenvalue weighted by Crippen LogP contribution is -2.28. The van der Waals surface area contributed by atoms with Crippen LogP contribution in [0.15, 0.2) is 34.7 Å². The third-order valence-electron chi connectivity index (χ3n) is 3.94. The van der Waals surface area contributed by atoms with E-state index in [-0.39, 0.29) is 18.0 Å². The molecular formula is C16H14N6O2S. The van der Waals surface area contributed by atoms with Gasteiger partial charge < -0.3 is 9.88 Å². The molecule has 0 atom stereocenters. The first kappa shape index (κ1) is 15.5. The van der Waals surface area contributed by atoms with Crippen LogP contribution in [0.5, 0.6) is 0 Å². The second-order valence-corrected chi connectivity index (χ2v) is 6.62. The van der Waals surface area contributed by atoms with E-state index in [9.17, 15) is 9.59 Å². The van der Waals surface area contributed by atoms with Gasteiger partial charge in [0.2, 0.25) is 0 Å². The molecule has 0 aliphatic rings. The fourth-order valence-electron chi connectivity index (χ4n) is 2.66. The molecule has 0 spiro atoms. The van der Waals surface area contributed by atoms with Gasteiger partial charge in [0.15, 0.2) is 0 Å². The third kappa shape index (κ3) is 2.68. The van der Waals surface area contributed by atoms with Crippen LogP contribution in [0.25, 0.3) is 21.3 Å². The third-order valence-corrected chi connectivity index (χ3v) is 4.85. The zero-order valence-corrected chi connectivity index (χ0v) is 14.4. The van der Waals surface area contributed by atoms with Crippen molar-refractivity contribution in [2.75, 3.05) is 7.05 Å². The molecule has 0 bridgehead atoms. The Bertz CT molecular complexity index is 1160. The number of hydrogen-bond donors (Lipinski definition) is 1. The lowest BCUT2D eigenvalue weighted by Gasteiger charge is -2.16. The van der Waals surface area contributed by atoms with Gasteiger partial charge >= 0.3 is 0 Å². The van der Waals surface area contributed by atoms with Crippen molar-refractivity contribution < 1.29 is 4.79 Å². The Labute approximate surface area is 145 Å². The Morgan fingerprint density at radius 1 is 1.36 bits per heavy atom. The minimum atomic E-state index is -0.205. The first-order valence-corrected chi connectivity index (χ1v) is 8.40. The van der Waals surface area contributed by atoms with Crippen molar-refractivity contribution in [2.24, 2.45) is 7.05 Å². The van der Waals surface area contributed by atoms with Crippen LogP contribution in [0.4, 0.5) is 0 Å². The number of carbonyl (C=O) groups excluding carboxylic acids is 1. The summed E-state index contributed by atoms with van der Waals surface area (Å²) in [7, 11) is 3.46. The summed E-state index contributed by atoms with van der Waals surface area (Å²) >= 11 is 1.34. The van der Waals surface area contributed by atoms with E-state index < -0.39 is 0 Å². The van der Waals surface area contributed by atoms with Gasteiger partial charge in [0, 0.05) is 20.3 Å². The molecule has 0 aliphatic heterocycles. The van der Waals surface area contributed by atoms with Gasteiger partial charge in [0.1, 0.15) is 16.0 Å². The zero-order valence-electron chi connectivity index (χ0n) is 13.6. The molecule has 126 valence electrons. The minimum Gasteiger partial charge on any atom is -0.334 e. The molecule has 0 fully saturated rings. The fraction of sp³-hybridized carbons (Fsp3) is 0.188. The van der Waals surface area contributed by atoms with E-state index in [4.69, 9.17) is 0 Å². The minimum absolute atomic E-state index is 0.186. The number of carbonyl (C=O) groups is 1. The molecule has 0 aromatic carbocycles. The number of nitrogens with zero attached hydrogens (tertiary/aromatic N) is 5. The number of thiophene rings is 1. The number of aromatic amines is 1. The van der Waals surface area contributed by atoms with Crippen molar-refractivity contribution in [3.8, 4) is 0 Å². The van der Waals surface area contributed by atoms with Gasteiger partial charge in [0.25, 0.3) is 11.5 Å². The molecule has 4 aromatic rings. The maximum absolute atomic E-state index is 12.7. The highest BCUT2D eigenvalue weighted by molar-refractivity contribution is 7.17. The van der Waals surface area contributed by atoms with Crippen molar-refractivity contribution in [3.05, 3.63) is 51.6 Å². The molecule has 0 unspecified atom stereocenters. The molecular weight excluding hydrogens is 340 g/mol. The molecule has 0 saturated heterocycles. The number of aromatic nitrogens is 5. The lowest BCUT2D eigenvalue weighted by atomic mass is 10.2. The zero-order chi connectivity index (χ0) is 17.6. The van der Waals surface area contributed by atoms with Crippen molar-refractivity contribution in [2.45, 2.75) is 6.54 Å². The highest BCUT2D eigenvalue weighted by Crippen LogP contribution is 2.16. The second-order valence-electron chi connectivity index (χ2n) is 5.71. The molecule has 0 aliphatic carbocycles. The standard InChI is InChI=1S/C16H14N6O2S/c1-21(8-13-19-10-3-4-25-14(10)15(23)20-13)16(24)9-5-12-11(17-6-9)7-18-22(12)2/h3-7H,8H2,1-2H3,(H,19,20,23). The van der Waals surface area contributed by atoms with Crippen LogP contribution in [0.2, 0.25) is 0 Å². The average molecular weight is 354 g/mol. The normalized spacial score (nSPS) is 11.3. The molecule has 1 amide bonds. The van der Waals surface area contributed by atoms with E-state index in [0.29, 0.717) is 21.6 Å². The topological polar surface area (TPSA) is 96.8 Å². The van der Waals surface area contributed by atoms with Gasteiger partial charge in [-0.15, -0.1) is 11.3 Å². The molecule has 9 heteroatoms. The predicted molar refractivity (Wildman–Crippen MR) is 94.5 cm³/mol. The summed E-state index contributed by atoms with van der Waals surface area (Å²) < 4.78 is 2.26. The fourth-order valence-corrected chi connectivity index (χ4v) is 3.38. The van der Waals surface area contributed by atoms with E-state index in [1.54, 1.807) is 37.1 Å². The van der Waals surface area contributed by atoms with Crippen molar-refractivity contribution in [1.82, 2.24) is 29.6 Å². The summed E-state index contributed by atoms with van der Waals surface area (Å²) in [6.45, 7) is 0.198. The predicted octanol–water partition coefficient (Wildman–Crippen LogP) is 1.54. The monoisotopic (exact) mass is 354 g/mol. The molecule has 0 radical (unpaired) electrons. The SMILES string of the molecule is CN(Cc1nc2ccsc2c(=O)[nH]1)C(=O)c1cnc2cnn(C)c2c1. The number of amides is 1. The number of hydrogen-bond acceptors (Lipinski definition) is 6. The number of aryl methyl sites for hydroxylation is 1. The smallest absolute Gasteiger partial charge is 0.268 e. The number of nitrogens with one attached hydrogen (secondary N) is 1. The molecule has 0 saturated carbocycles. The van der Waals surface area contributed by atoms with Gasteiger partial charge in [-0.3, -0.25) is 19.3 Å². The van der Waals surface area contributed by atoms with Crippen LogP contribution >= 0.6 is 11.3 Å². The maximum atomic E-state index is 12.7. The Balaban J connectivity index is 1.62. The van der Waals surface area contributed by atoms with Crippen molar-refractivity contribution >= 4 is 38.5 Å². The summed E-state index contributed by atoms with van der Waals surface area (Å²) in [6, 6.07) is 3.55. The molecule has 1 N–H and O–H groups in total. The number of fused-ring (bicyclic) bond motifs is 2. The Morgan fingerprint density at radius 2 is 2.20 bits per heavy atom. The molecule has 4 heterocycles. The van der Waals surface area contributed by atoms with E-state index >= 15 is 0 Å². The van der Waals surface area contributed by atoms with Crippen molar-refractivity contribution in [1.29, 1.82) is 0 Å². The largest absolute Gasteiger partial charge is 0.334 e. The summed E-state index contributed by atoms with van der Waals surface area (Å²) in [5.74, 6) is 0.241.